The van der Waals surface area contributed by atoms with Gasteiger partial charge in [0, 0.05) is 32.0 Å². The summed E-state index contributed by atoms with van der Waals surface area (Å²) in [7, 11) is 2.07. The Balaban J connectivity index is 2.16. The van der Waals surface area contributed by atoms with Crippen LogP contribution in [0.2, 0.25) is 0 Å². The highest BCUT2D eigenvalue weighted by molar-refractivity contribution is 5.46. The Bertz CT molecular complexity index is 468. The molecule has 0 aliphatic heterocycles. The van der Waals surface area contributed by atoms with E-state index in [-0.39, 0.29) is 0 Å². The van der Waals surface area contributed by atoms with Crippen LogP contribution in [0, 0.1) is 0 Å². The molecule has 0 saturated carbocycles. The molecule has 1 heterocycles. The van der Waals surface area contributed by atoms with E-state index in [2.05, 4.69) is 35.1 Å². The van der Waals surface area contributed by atoms with Crippen LogP contribution in [-0.4, -0.2) is 12.0 Å². The third-order valence-corrected chi connectivity index (χ3v) is 2.78. The standard InChI is InChI=1S/C14H17N3/c1-17(13-7-3-2-4-8-13)11-12-6-5-9-16-14(12)10-15/h2-9H,10-11,15H2,1H3. The number of benzene rings is 1. The number of pyridine rings is 1. The number of aromatic nitrogens is 1. The van der Waals surface area contributed by atoms with Crippen LogP contribution in [0.4, 0.5) is 5.69 Å². The van der Waals surface area contributed by atoms with Crippen molar-refractivity contribution in [2.75, 3.05) is 11.9 Å². The van der Waals surface area contributed by atoms with Gasteiger partial charge in [0.1, 0.15) is 0 Å². The maximum Gasteiger partial charge on any atom is 0.0589 e. The Labute approximate surface area is 102 Å². The second kappa shape index (κ2) is 5.46. The molecule has 0 aliphatic carbocycles. The van der Waals surface area contributed by atoms with Gasteiger partial charge in [-0.1, -0.05) is 24.3 Å². The van der Waals surface area contributed by atoms with Gasteiger partial charge in [-0.2, -0.15) is 0 Å². The maximum atomic E-state index is 5.68. The summed E-state index contributed by atoms with van der Waals surface area (Å²) in [5, 5.41) is 0. The number of hydrogen-bond acceptors (Lipinski definition) is 3. The largest absolute Gasteiger partial charge is 0.370 e. The average Bonchev–Trinajstić information content (AvgIpc) is 2.40. The van der Waals surface area contributed by atoms with Gasteiger partial charge in [0.2, 0.25) is 0 Å². The van der Waals surface area contributed by atoms with Crippen LogP contribution in [0.1, 0.15) is 11.3 Å². The van der Waals surface area contributed by atoms with Crippen molar-refractivity contribution >= 4 is 5.69 Å². The van der Waals surface area contributed by atoms with Gasteiger partial charge in [0.15, 0.2) is 0 Å². The van der Waals surface area contributed by atoms with E-state index in [0.29, 0.717) is 6.54 Å². The van der Waals surface area contributed by atoms with Gasteiger partial charge in [-0.25, -0.2) is 0 Å². The zero-order valence-electron chi connectivity index (χ0n) is 10.0. The van der Waals surface area contributed by atoms with Gasteiger partial charge >= 0.3 is 0 Å². The summed E-state index contributed by atoms with van der Waals surface area (Å²) in [6.45, 7) is 1.31. The number of para-hydroxylation sites is 1. The van der Waals surface area contributed by atoms with Gasteiger partial charge < -0.3 is 10.6 Å². The lowest BCUT2D eigenvalue weighted by Gasteiger charge is -2.20. The van der Waals surface area contributed by atoms with E-state index in [4.69, 9.17) is 5.73 Å². The number of nitrogens with two attached hydrogens (primary N) is 1. The first-order valence-electron chi connectivity index (χ1n) is 5.70. The molecule has 1 aromatic carbocycles. The van der Waals surface area contributed by atoms with E-state index in [0.717, 1.165) is 12.2 Å². The quantitative estimate of drug-likeness (QED) is 0.870. The van der Waals surface area contributed by atoms with Crippen LogP contribution in [-0.2, 0) is 13.1 Å². The summed E-state index contributed by atoms with van der Waals surface area (Å²) in [6, 6.07) is 14.3. The minimum absolute atomic E-state index is 0.485. The first-order chi connectivity index (χ1) is 8.31. The van der Waals surface area contributed by atoms with Crippen molar-refractivity contribution in [1.29, 1.82) is 0 Å². The molecule has 0 aliphatic rings. The van der Waals surface area contributed by atoms with Crippen molar-refractivity contribution < 1.29 is 0 Å². The van der Waals surface area contributed by atoms with Crippen LogP contribution in [0.5, 0.6) is 0 Å². The molecule has 0 spiro atoms. The smallest absolute Gasteiger partial charge is 0.0589 e. The predicted molar refractivity (Wildman–Crippen MR) is 70.7 cm³/mol. The molecule has 2 rings (SSSR count). The van der Waals surface area contributed by atoms with E-state index in [1.807, 2.05) is 24.3 Å². The highest BCUT2D eigenvalue weighted by Gasteiger charge is 2.05. The fourth-order valence-corrected chi connectivity index (χ4v) is 1.83. The molecular weight excluding hydrogens is 210 g/mol. The zero-order chi connectivity index (χ0) is 12.1. The molecule has 0 saturated heterocycles. The van der Waals surface area contributed by atoms with Crippen LogP contribution in [0.15, 0.2) is 48.7 Å². The fraction of sp³-hybridized carbons (Fsp3) is 0.214. The van der Waals surface area contributed by atoms with Gasteiger partial charge in [-0.15, -0.1) is 0 Å². The van der Waals surface area contributed by atoms with Gasteiger partial charge in [-0.05, 0) is 23.8 Å². The Kier molecular flexibility index (Phi) is 3.73. The lowest BCUT2D eigenvalue weighted by molar-refractivity contribution is 0.868. The van der Waals surface area contributed by atoms with Gasteiger partial charge in [0.05, 0.1) is 5.69 Å². The molecule has 0 amide bonds. The van der Waals surface area contributed by atoms with Crippen molar-refractivity contribution in [3.05, 3.63) is 59.9 Å². The molecule has 1 aromatic heterocycles. The summed E-state index contributed by atoms with van der Waals surface area (Å²) < 4.78 is 0. The lowest BCUT2D eigenvalue weighted by atomic mass is 10.1. The van der Waals surface area contributed by atoms with Crippen LogP contribution < -0.4 is 10.6 Å². The molecule has 2 aromatic rings. The summed E-state index contributed by atoms with van der Waals surface area (Å²) in [4.78, 5) is 6.48. The minimum Gasteiger partial charge on any atom is -0.370 e. The highest BCUT2D eigenvalue weighted by Crippen LogP contribution is 2.15. The molecular formula is C14H17N3. The molecule has 0 atom stereocenters. The molecule has 0 fully saturated rings. The lowest BCUT2D eigenvalue weighted by Crippen LogP contribution is -2.18. The molecule has 0 unspecified atom stereocenters. The number of rotatable bonds is 4. The molecule has 0 radical (unpaired) electrons. The fourth-order valence-electron chi connectivity index (χ4n) is 1.83. The third-order valence-electron chi connectivity index (χ3n) is 2.78. The van der Waals surface area contributed by atoms with E-state index in [1.165, 1.54) is 11.3 Å². The Morgan fingerprint density at radius 3 is 2.59 bits per heavy atom. The Hall–Kier alpha value is -1.87. The van der Waals surface area contributed by atoms with Crippen molar-refractivity contribution in [2.45, 2.75) is 13.1 Å². The summed E-state index contributed by atoms with van der Waals surface area (Å²) in [5.41, 5.74) is 9.03. The normalized spacial score (nSPS) is 10.2. The first kappa shape index (κ1) is 11.6. The second-order valence-electron chi connectivity index (χ2n) is 4.00. The van der Waals surface area contributed by atoms with E-state index in [9.17, 15) is 0 Å². The average molecular weight is 227 g/mol. The summed E-state index contributed by atoms with van der Waals surface area (Å²) in [6.07, 6.45) is 1.79. The topological polar surface area (TPSA) is 42.2 Å². The van der Waals surface area contributed by atoms with Crippen molar-refractivity contribution in [1.82, 2.24) is 4.98 Å². The monoisotopic (exact) mass is 227 g/mol. The third kappa shape index (κ3) is 2.82. The molecule has 3 nitrogen and oxygen atoms in total. The second-order valence-corrected chi connectivity index (χ2v) is 4.00. The van der Waals surface area contributed by atoms with Crippen molar-refractivity contribution in [3.8, 4) is 0 Å². The molecule has 3 heteroatoms. The highest BCUT2D eigenvalue weighted by atomic mass is 15.1. The zero-order valence-corrected chi connectivity index (χ0v) is 10.0. The Morgan fingerprint density at radius 2 is 1.88 bits per heavy atom. The summed E-state index contributed by atoms with van der Waals surface area (Å²) >= 11 is 0. The SMILES string of the molecule is CN(Cc1cccnc1CN)c1ccccc1. The maximum absolute atomic E-state index is 5.68. The first-order valence-corrected chi connectivity index (χ1v) is 5.70. The van der Waals surface area contributed by atoms with Gasteiger partial charge in [0.25, 0.3) is 0 Å². The number of nitrogens with zero attached hydrogens (tertiary/aromatic N) is 2. The summed E-state index contributed by atoms with van der Waals surface area (Å²) in [5.74, 6) is 0. The van der Waals surface area contributed by atoms with E-state index >= 15 is 0 Å². The van der Waals surface area contributed by atoms with Crippen LogP contribution in [0.3, 0.4) is 0 Å². The number of anilines is 1. The van der Waals surface area contributed by atoms with E-state index < -0.39 is 0 Å². The van der Waals surface area contributed by atoms with E-state index in [1.54, 1.807) is 6.20 Å². The minimum atomic E-state index is 0.485. The molecule has 17 heavy (non-hydrogen) atoms. The number of hydrogen-bond donors (Lipinski definition) is 1. The van der Waals surface area contributed by atoms with Crippen molar-refractivity contribution in [3.63, 3.8) is 0 Å². The molecule has 88 valence electrons. The molecule has 0 bridgehead atoms. The predicted octanol–water partition coefficient (Wildman–Crippen LogP) is 2.18. The molecule has 2 N–H and O–H groups in total. The van der Waals surface area contributed by atoms with Crippen LogP contribution in [0.25, 0.3) is 0 Å². The van der Waals surface area contributed by atoms with Crippen molar-refractivity contribution in [2.24, 2.45) is 5.73 Å². The Morgan fingerprint density at radius 1 is 1.12 bits per heavy atom. The van der Waals surface area contributed by atoms with Gasteiger partial charge in [-0.3, -0.25) is 4.98 Å². The van der Waals surface area contributed by atoms with Crippen LogP contribution >= 0.6 is 0 Å².